The summed E-state index contributed by atoms with van der Waals surface area (Å²) in [4.78, 5) is 36.9. The van der Waals surface area contributed by atoms with Crippen LogP contribution in [0.5, 0.6) is 11.5 Å². The molecule has 0 fully saturated rings. The molecule has 5 N–H and O–H groups in total. The van der Waals surface area contributed by atoms with Gasteiger partial charge in [0, 0.05) is 47.0 Å². The molecule has 246 valence electrons. The van der Waals surface area contributed by atoms with Gasteiger partial charge in [-0.15, -0.1) is 0 Å². The second kappa shape index (κ2) is 16.2. The summed E-state index contributed by atoms with van der Waals surface area (Å²) in [5.74, 6) is -4.45. The minimum absolute atomic E-state index is 0.0179. The number of aromatic carboxylic acids is 1. The topological polar surface area (TPSA) is 186 Å². The lowest BCUT2D eigenvalue weighted by atomic mass is 10.1. The number of carboxylic acid groups (broad SMARTS) is 1. The average Bonchev–Trinajstić information content (AvgIpc) is 3.02. The molecule has 4 aromatic rings. The van der Waals surface area contributed by atoms with Crippen LogP contribution < -0.4 is 20.9 Å². The molecule has 0 aliphatic heterocycles. The van der Waals surface area contributed by atoms with Crippen LogP contribution in [-0.4, -0.2) is 57.3 Å². The first-order valence-electron chi connectivity index (χ1n) is 12.7. The van der Waals surface area contributed by atoms with Crippen molar-refractivity contribution in [2.45, 2.75) is 13.2 Å². The lowest BCUT2D eigenvalue weighted by Crippen LogP contribution is -2.06. The standard InChI is InChI=1S/C15H12F3N3O3.C14H10F3N3O3/c1-23-13(22)8-2-3-12(24-14(17)18)9(4-8)5-11(16)10-6-20-15(19)21-7-10;15-10(9-5-19-14(18)20-6-9)4-8-3-7(12(21)22)1-2-11(8)23-13(16)17/h2-7,14H,1H3,(H2,19,20,21);1-6,13H,(H,21,22)(H2,18,19,20)/b11-5-;10-4-. The van der Waals surface area contributed by atoms with Gasteiger partial charge in [0.2, 0.25) is 11.9 Å². The van der Waals surface area contributed by atoms with Gasteiger partial charge in [-0.05, 0) is 48.6 Å². The number of esters is 1. The first-order chi connectivity index (χ1) is 22.3. The summed E-state index contributed by atoms with van der Waals surface area (Å²) in [6.45, 7) is -6.25. The number of rotatable bonds is 10. The van der Waals surface area contributed by atoms with Crippen molar-refractivity contribution >= 4 is 47.6 Å². The van der Waals surface area contributed by atoms with Gasteiger partial charge in [0.25, 0.3) is 0 Å². The number of hydrogen-bond donors (Lipinski definition) is 3. The third kappa shape index (κ3) is 10.4. The van der Waals surface area contributed by atoms with Gasteiger partial charge in [0.05, 0.1) is 18.2 Å². The number of carbonyl (C=O) groups excluding carboxylic acids is 1. The number of nitrogens with two attached hydrogens (primary N) is 2. The number of aromatic nitrogens is 4. The molecule has 12 nitrogen and oxygen atoms in total. The quantitative estimate of drug-likeness (QED) is 0.138. The summed E-state index contributed by atoms with van der Waals surface area (Å²) in [5.41, 5.74) is 10.1. The molecule has 47 heavy (non-hydrogen) atoms. The first-order valence-corrected chi connectivity index (χ1v) is 12.7. The van der Waals surface area contributed by atoms with E-state index in [0.29, 0.717) is 0 Å². The van der Waals surface area contributed by atoms with Gasteiger partial charge in [-0.25, -0.2) is 38.3 Å². The van der Waals surface area contributed by atoms with Crippen molar-refractivity contribution in [3.63, 3.8) is 0 Å². The third-order valence-electron chi connectivity index (χ3n) is 5.58. The van der Waals surface area contributed by atoms with Crippen LogP contribution >= 0.6 is 0 Å². The van der Waals surface area contributed by atoms with Crippen LogP contribution in [0, 0.1) is 0 Å². The number of carboxylic acids is 1. The van der Waals surface area contributed by atoms with E-state index in [1.807, 2.05) is 0 Å². The zero-order chi connectivity index (χ0) is 34.7. The zero-order valence-corrected chi connectivity index (χ0v) is 23.8. The second-order valence-corrected chi connectivity index (χ2v) is 8.70. The van der Waals surface area contributed by atoms with E-state index in [2.05, 4.69) is 34.1 Å². The predicted molar refractivity (Wildman–Crippen MR) is 155 cm³/mol. The molecular weight excluding hydrogens is 642 g/mol. The lowest BCUT2D eigenvalue weighted by Gasteiger charge is -2.10. The maximum absolute atomic E-state index is 14.3. The summed E-state index contributed by atoms with van der Waals surface area (Å²) in [5, 5.41) is 8.93. The van der Waals surface area contributed by atoms with E-state index in [-0.39, 0.29) is 56.8 Å². The number of ether oxygens (including phenoxy) is 3. The van der Waals surface area contributed by atoms with Crippen LogP contribution in [0.3, 0.4) is 0 Å². The van der Waals surface area contributed by atoms with E-state index in [1.54, 1.807) is 0 Å². The van der Waals surface area contributed by atoms with Gasteiger partial charge in [0.1, 0.15) is 23.2 Å². The zero-order valence-electron chi connectivity index (χ0n) is 23.8. The van der Waals surface area contributed by atoms with Gasteiger partial charge >= 0.3 is 25.2 Å². The Bertz CT molecular complexity index is 1770. The Balaban J connectivity index is 0.000000256. The van der Waals surface area contributed by atoms with Gasteiger partial charge in [-0.1, -0.05) is 0 Å². The fourth-order valence-corrected chi connectivity index (χ4v) is 3.47. The van der Waals surface area contributed by atoms with Crippen LogP contribution in [0.15, 0.2) is 61.2 Å². The Morgan fingerprint density at radius 3 is 1.45 bits per heavy atom. The summed E-state index contributed by atoms with van der Waals surface area (Å²) in [6.07, 6.45) is 6.22. The summed E-state index contributed by atoms with van der Waals surface area (Å²) < 4.78 is 91.2. The summed E-state index contributed by atoms with van der Waals surface area (Å²) in [7, 11) is 1.16. The highest BCUT2D eigenvalue weighted by atomic mass is 19.3. The predicted octanol–water partition coefficient (Wildman–Crippen LogP) is 5.74. The number of nitrogen functional groups attached to an aromatic ring is 2. The lowest BCUT2D eigenvalue weighted by molar-refractivity contribution is -0.0506. The molecule has 0 saturated heterocycles. The largest absolute Gasteiger partial charge is 0.478 e. The number of anilines is 2. The molecule has 0 radical (unpaired) electrons. The maximum Gasteiger partial charge on any atom is 0.387 e. The highest BCUT2D eigenvalue weighted by molar-refractivity contribution is 5.92. The molecule has 0 saturated carbocycles. The minimum Gasteiger partial charge on any atom is -0.478 e. The Hall–Kier alpha value is -6.20. The van der Waals surface area contributed by atoms with Crippen molar-refractivity contribution in [1.82, 2.24) is 19.9 Å². The first kappa shape index (κ1) is 35.3. The van der Waals surface area contributed by atoms with E-state index in [0.717, 1.165) is 68.3 Å². The molecule has 0 unspecified atom stereocenters. The highest BCUT2D eigenvalue weighted by Crippen LogP contribution is 2.29. The van der Waals surface area contributed by atoms with Crippen molar-refractivity contribution in [2.24, 2.45) is 0 Å². The molecule has 2 aromatic carbocycles. The van der Waals surface area contributed by atoms with Gasteiger partial charge in [-0.3, -0.25) is 0 Å². The van der Waals surface area contributed by atoms with Crippen molar-refractivity contribution < 1.29 is 55.2 Å². The number of alkyl halides is 4. The van der Waals surface area contributed by atoms with Gasteiger partial charge < -0.3 is 30.8 Å². The van der Waals surface area contributed by atoms with Crippen molar-refractivity contribution in [1.29, 1.82) is 0 Å². The van der Waals surface area contributed by atoms with Crippen LogP contribution in [0.25, 0.3) is 23.8 Å². The van der Waals surface area contributed by atoms with E-state index in [1.165, 1.54) is 12.1 Å². The number of halogens is 6. The van der Waals surface area contributed by atoms with Crippen molar-refractivity contribution in [2.75, 3.05) is 18.6 Å². The maximum atomic E-state index is 14.3. The monoisotopic (exact) mass is 664 g/mol. The molecule has 18 heteroatoms. The molecule has 0 bridgehead atoms. The van der Waals surface area contributed by atoms with Crippen LogP contribution in [0.4, 0.5) is 38.2 Å². The van der Waals surface area contributed by atoms with Crippen molar-refractivity contribution in [3.05, 3.63) is 94.6 Å². The molecular formula is C29H22F6N6O6. The number of methoxy groups -OCH3 is 1. The van der Waals surface area contributed by atoms with Gasteiger partial charge in [0.15, 0.2) is 0 Å². The number of nitrogens with zero attached hydrogens (tertiary/aromatic N) is 4. The van der Waals surface area contributed by atoms with Crippen molar-refractivity contribution in [3.8, 4) is 11.5 Å². The fourth-order valence-electron chi connectivity index (χ4n) is 3.47. The summed E-state index contributed by atoms with van der Waals surface area (Å²) >= 11 is 0. The van der Waals surface area contributed by atoms with Crippen LogP contribution in [0.2, 0.25) is 0 Å². The molecule has 0 atom stereocenters. The average molecular weight is 665 g/mol. The molecule has 2 heterocycles. The Labute approximate surface area is 261 Å². The normalized spacial score (nSPS) is 11.5. The Morgan fingerprint density at radius 1 is 0.702 bits per heavy atom. The van der Waals surface area contributed by atoms with E-state index >= 15 is 0 Å². The van der Waals surface area contributed by atoms with Crippen LogP contribution in [0.1, 0.15) is 43.0 Å². The molecule has 4 rings (SSSR count). The number of hydrogen-bond acceptors (Lipinski definition) is 11. The second-order valence-electron chi connectivity index (χ2n) is 8.70. The molecule has 0 aliphatic carbocycles. The third-order valence-corrected chi connectivity index (χ3v) is 5.58. The van der Waals surface area contributed by atoms with Crippen LogP contribution in [-0.2, 0) is 4.74 Å². The minimum atomic E-state index is -3.14. The Morgan fingerprint density at radius 2 is 1.09 bits per heavy atom. The van der Waals surface area contributed by atoms with E-state index in [9.17, 15) is 35.9 Å². The summed E-state index contributed by atoms with van der Waals surface area (Å²) in [6, 6.07) is 6.62. The fraction of sp³-hybridized carbons (Fsp3) is 0.103. The molecule has 0 spiro atoms. The SMILES string of the molecule is COC(=O)c1ccc(OC(F)F)c(/C=C(\F)c2cnc(N)nc2)c1.Nc1ncc(/C(F)=C/c2cc(C(=O)O)ccc2OC(F)F)cn1. The molecule has 0 aliphatic rings. The van der Waals surface area contributed by atoms with Gasteiger partial charge in [-0.2, -0.15) is 17.6 Å². The van der Waals surface area contributed by atoms with E-state index in [4.69, 9.17) is 16.6 Å². The molecule has 0 amide bonds. The molecule has 2 aromatic heterocycles. The number of carbonyl (C=O) groups is 2. The Kier molecular flexibility index (Phi) is 12.2. The smallest absolute Gasteiger partial charge is 0.387 e. The number of benzene rings is 2. The van der Waals surface area contributed by atoms with E-state index < -0.39 is 36.8 Å². The highest BCUT2D eigenvalue weighted by Gasteiger charge is 2.15.